The maximum atomic E-state index is 11.5. The van der Waals surface area contributed by atoms with E-state index in [2.05, 4.69) is 43.3 Å². The van der Waals surface area contributed by atoms with Gasteiger partial charge in [-0.2, -0.15) is 0 Å². The molecular weight excluding hydrogens is 296 g/mol. The SMILES string of the molecule is Cc1cccc(C(=O)O)c1C(C)c1ccc(-c2ccccc2)cc1. The minimum atomic E-state index is -0.874. The number of benzene rings is 3. The van der Waals surface area contributed by atoms with Gasteiger partial charge in [0.05, 0.1) is 5.56 Å². The number of aryl methyl sites for hydroxylation is 1. The molecule has 3 aromatic rings. The number of carboxylic acid groups (broad SMARTS) is 1. The van der Waals surface area contributed by atoms with Crippen LogP contribution in [0.5, 0.6) is 0 Å². The third-order valence-corrected chi connectivity index (χ3v) is 4.51. The number of rotatable bonds is 4. The Kier molecular flexibility index (Phi) is 4.48. The molecule has 0 aliphatic carbocycles. The van der Waals surface area contributed by atoms with E-state index in [0.717, 1.165) is 22.3 Å². The first-order chi connectivity index (χ1) is 11.6. The Morgan fingerprint density at radius 3 is 2.08 bits per heavy atom. The standard InChI is InChI=1S/C22H20O2/c1-15-7-6-10-20(22(23)24)21(15)16(2)17-11-13-19(14-12-17)18-8-4-3-5-9-18/h3-14,16H,1-2H3,(H,23,24). The van der Waals surface area contributed by atoms with Crippen LogP contribution in [0, 0.1) is 6.92 Å². The van der Waals surface area contributed by atoms with Crippen molar-refractivity contribution in [1.82, 2.24) is 0 Å². The molecule has 1 N–H and O–H groups in total. The molecule has 2 heteroatoms. The average Bonchev–Trinajstić information content (AvgIpc) is 2.62. The van der Waals surface area contributed by atoms with E-state index in [9.17, 15) is 9.90 Å². The predicted octanol–water partition coefficient (Wildman–Crippen LogP) is 5.51. The largest absolute Gasteiger partial charge is 0.478 e. The summed E-state index contributed by atoms with van der Waals surface area (Å²) in [6, 6.07) is 24.0. The Balaban J connectivity index is 1.97. The van der Waals surface area contributed by atoms with Crippen LogP contribution in [0.15, 0.2) is 72.8 Å². The third kappa shape index (κ3) is 3.09. The van der Waals surface area contributed by atoms with Gasteiger partial charge in [-0.05, 0) is 40.8 Å². The molecule has 1 atom stereocenters. The smallest absolute Gasteiger partial charge is 0.335 e. The first-order valence-electron chi connectivity index (χ1n) is 8.06. The fourth-order valence-electron chi connectivity index (χ4n) is 3.20. The van der Waals surface area contributed by atoms with Crippen LogP contribution in [0.25, 0.3) is 11.1 Å². The molecule has 0 saturated heterocycles. The predicted molar refractivity (Wildman–Crippen MR) is 97.5 cm³/mol. The van der Waals surface area contributed by atoms with Gasteiger partial charge in [0.1, 0.15) is 0 Å². The van der Waals surface area contributed by atoms with Crippen molar-refractivity contribution in [2.45, 2.75) is 19.8 Å². The molecule has 0 heterocycles. The van der Waals surface area contributed by atoms with E-state index in [1.165, 1.54) is 5.56 Å². The summed E-state index contributed by atoms with van der Waals surface area (Å²) in [5.74, 6) is -0.844. The highest BCUT2D eigenvalue weighted by Crippen LogP contribution is 2.31. The van der Waals surface area contributed by atoms with Gasteiger partial charge in [-0.15, -0.1) is 0 Å². The van der Waals surface area contributed by atoms with Crippen LogP contribution >= 0.6 is 0 Å². The summed E-state index contributed by atoms with van der Waals surface area (Å²) in [7, 11) is 0. The molecule has 0 saturated carbocycles. The fourth-order valence-corrected chi connectivity index (χ4v) is 3.20. The lowest BCUT2D eigenvalue weighted by Gasteiger charge is -2.18. The lowest BCUT2D eigenvalue weighted by atomic mass is 9.86. The molecule has 0 aromatic heterocycles. The monoisotopic (exact) mass is 316 g/mol. The number of hydrogen-bond donors (Lipinski definition) is 1. The minimum absolute atomic E-state index is 0.0297. The Labute approximate surface area is 142 Å². The van der Waals surface area contributed by atoms with Crippen LogP contribution in [-0.2, 0) is 0 Å². The normalized spacial score (nSPS) is 11.9. The summed E-state index contributed by atoms with van der Waals surface area (Å²) in [5.41, 5.74) is 5.74. The zero-order valence-electron chi connectivity index (χ0n) is 13.9. The van der Waals surface area contributed by atoms with Crippen LogP contribution in [0.4, 0.5) is 0 Å². The first kappa shape index (κ1) is 16.0. The summed E-state index contributed by atoms with van der Waals surface area (Å²) in [4.78, 5) is 11.5. The molecule has 0 amide bonds. The van der Waals surface area contributed by atoms with Gasteiger partial charge < -0.3 is 5.11 Å². The third-order valence-electron chi connectivity index (χ3n) is 4.51. The first-order valence-corrected chi connectivity index (χ1v) is 8.06. The van der Waals surface area contributed by atoms with Crippen LogP contribution < -0.4 is 0 Å². The van der Waals surface area contributed by atoms with Gasteiger partial charge in [0.15, 0.2) is 0 Å². The number of aromatic carboxylic acids is 1. The number of hydrogen-bond acceptors (Lipinski definition) is 1. The molecule has 0 fully saturated rings. The Morgan fingerprint density at radius 1 is 0.833 bits per heavy atom. The molecule has 0 radical (unpaired) electrons. The Bertz CT molecular complexity index is 849. The molecule has 0 bridgehead atoms. The van der Waals surface area contributed by atoms with Crippen molar-refractivity contribution in [3.8, 4) is 11.1 Å². The van der Waals surface area contributed by atoms with E-state index in [1.54, 1.807) is 12.1 Å². The van der Waals surface area contributed by atoms with E-state index in [-0.39, 0.29) is 5.92 Å². The summed E-state index contributed by atoms with van der Waals surface area (Å²) in [5, 5.41) is 9.48. The molecule has 1 unspecified atom stereocenters. The highest BCUT2D eigenvalue weighted by Gasteiger charge is 2.19. The highest BCUT2D eigenvalue weighted by atomic mass is 16.4. The van der Waals surface area contributed by atoms with E-state index in [0.29, 0.717) is 5.56 Å². The lowest BCUT2D eigenvalue weighted by molar-refractivity contribution is 0.0695. The topological polar surface area (TPSA) is 37.3 Å². The van der Waals surface area contributed by atoms with E-state index in [1.807, 2.05) is 31.2 Å². The number of carbonyl (C=O) groups is 1. The Hall–Kier alpha value is -2.87. The van der Waals surface area contributed by atoms with Crippen molar-refractivity contribution in [3.63, 3.8) is 0 Å². The van der Waals surface area contributed by atoms with Crippen LogP contribution in [0.1, 0.15) is 39.9 Å². The molecule has 2 nitrogen and oxygen atoms in total. The minimum Gasteiger partial charge on any atom is -0.478 e. The van der Waals surface area contributed by atoms with Gasteiger partial charge in [0.25, 0.3) is 0 Å². The second-order valence-corrected chi connectivity index (χ2v) is 6.05. The second kappa shape index (κ2) is 6.71. The van der Waals surface area contributed by atoms with Crippen molar-refractivity contribution in [2.75, 3.05) is 0 Å². The van der Waals surface area contributed by atoms with Crippen molar-refractivity contribution in [2.24, 2.45) is 0 Å². The highest BCUT2D eigenvalue weighted by molar-refractivity contribution is 5.90. The van der Waals surface area contributed by atoms with Gasteiger partial charge in [-0.3, -0.25) is 0 Å². The molecule has 3 aromatic carbocycles. The van der Waals surface area contributed by atoms with Gasteiger partial charge in [0, 0.05) is 5.92 Å². The van der Waals surface area contributed by atoms with Crippen LogP contribution in [0.3, 0.4) is 0 Å². The molecule has 3 rings (SSSR count). The van der Waals surface area contributed by atoms with Gasteiger partial charge >= 0.3 is 5.97 Å². The maximum absolute atomic E-state index is 11.5. The molecule has 0 aliphatic rings. The molecule has 0 aliphatic heterocycles. The molecule has 120 valence electrons. The van der Waals surface area contributed by atoms with Gasteiger partial charge in [0.2, 0.25) is 0 Å². The average molecular weight is 316 g/mol. The van der Waals surface area contributed by atoms with Crippen LogP contribution in [0.2, 0.25) is 0 Å². The molecule has 24 heavy (non-hydrogen) atoms. The summed E-state index contributed by atoms with van der Waals surface area (Å²) < 4.78 is 0. The van der Waals surface area contributed by atoms with E-state index in [4.69, 9.17) is 0 Å². The quantitative estimate of drug-likeness (QED) is 0.689. The summed E-state index contributed by atoms with van der Waals surface area (Å²) in [6.07, 6.45) is 0. The van der Waals surface area contributed by atoms with E-state index < -0.39 is 5.97 Å². The van der Waals surface area contributed by atoms with Crippen molar-refractivity contribution < 1.29 is 9.90 Å². The molecule has 0 spiro atoms. The van der Waals surface area contributed by atoms with Crippen molar-refractivity contribution in [3.05, 3.63) is 95.1 Å². The lowest BCUT2D eigenvalue weighted by Crippen LogP contribution is -2.08. The van der Waals surface area contributed by atoms with Gasteiger partial charge in [-0.25, -0.2) is 4.79 Å². The Morgan fingerprint density at radius 2 is 1.46 bits per heavy atom. The zero-order chi connectivity index (χ0) is 17.1. The van der Waals surface area contributed by atoms with Crippen molar-refractivity contribution >= 4 is 5.97 Å². The zero-order valence-corrected chi connectivity index (χ0v) is 13.9. The maximum Gasteiger partial charge on any atom is 0.335 e. The van der Waals surface area contributed by atoms with Crippen LogP contribution in [-0.4, -0.2) is 11.1 Å². The fraction of sp³-hybridized carbons (Fsp3) is 0.136. The van der Waals surface area contributed by atoms with Gasteiger partial charge in [-0.1, -0.05) is 73.7 Å². The number of carboxylic acids is 1. The second-order valence-electron chi connectivity index (χ2n) is 6.05. The summed E-state index contributed by atoms with van der Waals surface area (Å²) in [6.45, 7) is 4.03. The summed E-state index contributed by atoms with van der Waals surface area (Å²) >= 11 is 0. The van der Waals surface area contributed by atoms with Crippen molar-refractivity contribution in [1.29, 1.82) is 0 Å². The molecular formula is C22H20O2. The van der Waals surface area contributed by atoms with E-state index >= 15 is 0 Å².